The van der Waals surface area contributed by atoms with Crippen LogP contribution in [0, 0.1) is 17.6 Å². The zero-order valence-electron chi connectivity index (χ0n) is 23.2. The fraction of sp³-hybridized carbons (Fsp3) is 0.414. The van der Waals surface area contributed by atoms with Crippen LogP contribution in [0.2, 0.25) is 0 Å². The summed E-state index contributed by atoms with van der Waals surface area (Å²) in [5, 5.41) is 12.0. The van der Waals surface area contributed by atoms with Gasteiger partial charge in [0.25, 0.3) is 0 Å². The van der Waals surface area contributed by atoms with Gasteiger partial charge in [-0.05, 0) is 37.5 Å². The van der Waals surface area contributed by atoms with Crippen molar-refractivity contribution in [3.63, 3.8) is 0 Å². The molecule has 43 heavy (non-hydrogen) atoms. The van der Waals surface area contributed by atoms with Gasteiger partial charge in [0, 0.05) is 44.2 Å². The molecule has 2 atom stereocenters. The van der Waals surface area contributed by atoms with Crippen LogP contribution >= 0.6 is 0 Å². The molecule has 6 rings (SSSR count). The summed E-state index contributed by atoms with van der Waals surface area (Å²) < 4.78 is 42.8. The van der Waals surface area contributed by atoms with Gasteiger partial charge in [-0.25, -0.2) is 23.4 Å². The van der Waals surface area contributed by atoms with Crippen molar-refractivity contribution in [3.05, 3.63) is 57.9 Å². The monoisotopic (exact) mass is 597 g/mol. The number of aromatic carboxylic acids is 1. The van der Waals surface area contributed by atoms with Gasteiger partial charge in [-0.1, -0.05) is 0 Å². The van der Waals surface area contributed by atoms with Gasteiger partial charge in [0.15, 0.2) is 23.2 Å². The molecule has 0 unspecified atom stereocenters. The highest BCUT2D eigenvalue weighted by Gasteiger charge is 2.34. The van der Waals surface area contributed by atoms with Gasteiger partial charge >= 0.3 is 12.1 Å². The van der Waals surface area contributed by atoms with Crippen LogP contribution in [0.25, 0.3) is 11.0 Å². The molecule has 1 aliphatic carbocycles. The van der Waals surface area contributed by atoms with Crippen LogP contribution in [-0.2, 0) is 9.53 Å². The van der Waals surface area contributed by atoms with E-state index in [2.05, 4.69) is 10.3 Å². The number of aromatic nitrogens is 2. The third kappa shape index (κ3) is 5.68. The van der Waals surface area contributed by atoms with Gasteiger partial charge in [-0.3, -0.25) is 14.5 Å². The first-order chi connectivity index (χ1) is 20.6. The number of cyclic esters (lactones) is 1. The number of ether oxygens (including phenoxy) is 2. The molecule has 2 aliphatic heterocycles. The van der Waals surface area contributed by atoms with Crippen molar-refractivity contribution in [2.75, 3.05) is 42.6 Å². The Morgan fingerprint density at radius 2 is 1.93 bits per heavy atom. The first-order valence-corrected chi connectivity index (χ1v) is 14.0. The number of halogens is 2. The molecule has 14 heteroatoms. The maximum atomic E-state index is 15.2. The van der Waals surface area contributed by atoms with Crippen molar-refractivity contribution in [2.45, 2.75) is 38.3 Å². The Morgan fingerprint density at radius 1 is 1.14 bits per heavy atom. The van der Waals surface area contributed by atoms with Gasteiger partial charge in [0.2, 0.25) is 11.3 Å². The van der Waals surface area contributed by atoms with E-state index < -0.39 is 40.8 Å². The van der Waals surface area contributed by atoms with E-state index in [1.807, 2.05) is 0 Å². The van der Waals surface area contributed by atoms with E-state index in [0.717, 1.165) is 18.9 Å². The first kappa shape index (κ1) is 28.4. The van der Waals surface area contributed by atoms with Crippen LogP contribution in [0.4, 0.5) is 25.1 Å². The minimum atomic E-state index is -1.37. The van der Waals surface area contributed by atoms with Gasteiger partial charge in [0.1, 0.15) is 17.3 Å². The van der Waals surface area contributed by atoms with Gasteiger partial charge < -0.3 is 29.4 Å². The van der Waals surface area contributed by atoms with E-state index in [1.54, 1.807) is 15.5 Å². The molecule has 3 fully saturated rings. The molecule has 3 aliphatic rings. The Hall–Kier alpha value is -4.75. The summed E-state index contributed by atoms with van der Waals surface area (Å²) in [6.07, 6.45) is 2.35. The number of carboxylic acid groups (broad SMARTS) is 1. The fourth-order valence-corrected chi connectivity index (χ4v) is 5.48. The Morgan fingerprint density at radius 3 is 2.63 bits per heavy atom. The second-order valence-corrected chi connectivity index (χ2v) is 11.1. The summed E-state index contributed by atoms with van der Waals surface area (Å²) in [7, 11) is 0. The van der Waals surface area contributed by atoms with E-state index >= 15 is 4.39 Å². The number of hydrogen-bond acceptors (Lipinski definition) is 8. The Labute approximate surface area is 243 Å². The van der Waals surface area contributed by atoms with Gasteiger partial charge in [-0.2, -0.15) is 0 Å². The van der Waals surface area contributed by atoms with Crippen molar-refractivity contribution in [1.82, 2.24) is 14.9 Å². The number of carbonyl (C=O) groups is 3. The standard InChI is InChI=1S/C29H29F2N5O7/c1-15(37)32-10-19-12-36(29(41)43-19)18-4-5-24(22(30)8-18)42-14-16-6-7-34(11-16)27-23(31)9-20-25(38)21(28(39)40)13-35(17-2-3-17)26(20)33-27/h4-5,8-9,13,16-17,19H,2-3,6-7,10-12,14H2,1H3,(H,32,37)(H,39,40)/t16-,19-/m0/s1. The average molecular weight is 598 g/mol. The number of nitrogens with one attached hydrogen (secondary N) is 1. The van der Waals surface area contributed by atoms with Crippen molar-refractivity contribution in [3.8, 4) is 5.75 Å². The normalized spacial score (nSPS) is 20.0. The van der Waals surface area contributed by atoms with Crippen molar-refractivity contribution >= 4 is 40.5 Å². The molecule has 1 aromatic carbocycles. The number of rotatable bonds is 9. The van der Waals surface area contributed by atoms with E-state index in [4.69, 9.17) is 9.47 Å². The molecule has 1 saturated carbocycles. The van der Waals surface area contributed by atoms with E-state index in [9.17, 15) is 28.7 Å². The SMILES string of the molecule is CC(=O)NC[C@H]1CN(c2ccc(OC[C@H]3CCN(c4nc5c(cc4F)c(=O)c(C(=O)O)cn5C4CC4)C3)c(F)c2)C(=O)O1. The number of nitrogens with zero attached hydrogens (tertiary/aromatic N) is 4. The first-order valence-electron chi connectivity index (χ1n) is 14.0. The predicted octanol–water partition coefficient (Wildman–Crippen LogP) is 3.07. The average Bonchev–Trinajstić information content (AvgIpc) is 3.58. The zero-order valence-corrected chi connectivity index (χ0v) is 23.2. The van der Waals surface area contributed by atoms with Crippen LogP contribution in [0.5, 0.6) is 5.75 Å². The van der Waals surface area contributed by atoms with Crippen LogP contribution in [0.1, 0.15) is 42.6 Å². The van der Waals surface area contributed by atoms with E-state index in [0.29, 0.717) is 25.2 Å². The summed E-state index contributed by atoms with van der Waals surface area (Å²) in [4.78, 5) is 55.2. The molecule has 12 nitrogen and oxygen atoms in total. The lowest BCUT2D eigenvalue weighted by molar-refractivity contribution is -0.119. The number of benzene rings is 1. The molecule has 0 radical (unpaired) electrons. The van der Waals surface area contributed by atoms with Crippen LogP contribution in [0.15, 0.2) is 35.3 Å². The van der Waals surface area contributed by atoms with E-state index in [1.165, 1.54) is 30.2 Å². The number of amides is 2. The summed E-state index contributed by atoms with van der Waals surface area (Å²) in [6, 6.07) is 5.23. The molecule has 0 spiro atoms. The zero-order chi connectivity index (χ0) is 30.4. The molecule has 226 valence electrons. The highest BCUT2D eigenvalue weighted by atomic mass is 19.1. The lowest BCUT2D eigenvalue weighted by Crippen LogP contribution is -2.33. The summed E-state index contributed by atoms with van der Waals surface area (Å²) in [5.41, 5.74) is -0.646. The molecular formula is C29H29F2N5O7. The van der Waals surface area contributed by atoms with Crippen molar-refractivity contribution in [2.24, 2.45) is 5.92 Å². The number of hydrogen-bond donors (Lipinski definition) is 2. The molecular weight excluding hydrogens is 568 g/mol. The van der Waals surface area contributed by atoms with E-state index in [-0.39, 0.29) is 60.2 Å². The molecule has 4 heterocycles. The second-order valence-electron chi connectivity index (χ2n) is 11.1. The van der Waals surface area contributed by atoms with Crippen LogP contribution < -0.4 is 25.3 Å². The number of fused-ring (bicyclic) bond motifs is 1. The highest BCUT2D eigenvalue weighted by molar-refractivity contribution is 5.92. The lowest BCUT2D eigenvalue weighted by atomic mass is 10.1. The lowest BCUT2D eigenvalue weighted by Gasteiger charge is -2.20. The Kier molecular flexibility index (Phi) is 7.36. The highest BCUT2D eigenvalue weighted by Crippen LogP contribution is 2.37. The maximum absolute atomic E-state index is 15.2. The number of carbonyl (C=O) groups excluding carboxylic acids is 2. The minimum absolute atomic E-state index is 0.00209. The van der Waals surface area contributed by atoms with Crippen molar-refractivity contribution < 1.29 is 37.7 Å². The fourth-order valence-electron chi connectivity index (χ4n) is 5.48. The number of pyridine rings is 2. The molecule has 2 aromatic heterocycles. The summed E-state index contributed by atoms with van der Waals surface area (Å²) in [5.74, 6) is -3.01. The van der Waals surface area contributed by atoms with Crippen LogP contribution in [0.3, 0.4) is 0 Å². The molecule has 2 N–H and O–H groups in total. The third-order valence-electron chi connectivity index (χ3n) is 7.85. The smallest absolute Gasteiger partial charge is 0.414 e. The van der Waals surface area contributed by atoms with Gasteiger partial charge in [-0.15, -0.1) is 0 Å². The molecule has 0 bridgehead atoms. The molecule has 3 aromatic rings. The predicted molar refractivity (Wildman–Crippen MR) is 150 cm³/mol. The maximum Gasteiger partial charge on any atom is 0.414 e. The van der Waals surface area contributed by atoms with Gasteiger partial charge in [0.05, 0.1) is 30.8 Å². The minimum Gasteiger partial charge on any atom is -0.490 e. The molecule has 2 amide bonds. The number of carboxylic acids is 1. The second kappa shape index (κ2) is 11.2. The topological polar surface area (TPSA) is 143 Å². The Bertz CT molecular complexity index is 1690. The quantitative estimate of drug-likeness (QED) is 0.380. The van der Waals surface area contributed by atoms with Crippen LogP contribution in [-0.4, -0.2) is 71.5 Å². The third-order valence-corrected chi connectivity index (χ3v) is 7.85. The summed E-state index contributed by atoms with van der Waals surface area (Å²) >= 11 is 0. The van der Waals surface area contributed by atoms with Crippen molar-refractivity contribution in [1.29, 1.82) is 0 Å². The molecule has 2 saturated heterocycles. The number of anilines is 2. The Balaban J connectivity index is 1.12. The largest absolute Gasteiger partial charge is 0.490 e. The summed E-state index contributed by atoms with van der Waals surface area (Å²) in [6.45, 7) is 2.67.